The van der Waals surface area contributed by atoms with Gasteiger partial charge in [-0.2, -0.15) is 5.10 Å². The molecule has 0 unspecified atom stereocenters. The lowest BCUT2D eigenvalue weighted by Crippen LogP contribution is -2.49. The molecule has 0 saturated carbocycles. The minimum atomic E-state index is -0.0357. The Morgan fingerprint density at radius 2 is 1.66 bits per heavy atom. The van der Waals surface area contributed by atoms with Gasteiger partial charge in [-0.05, 0) is 38.1 Å². The molecule has 1 aliphatic rings. The van der Waals surface area contributed by atoms with Crippen LogP contribution in [-0.4, -0.2) is 56.7 Å². The Balaban J connectivity index is 1.41. The first-order chi connectivity index (χ1) is 15.5. The highest BCUT2D eigenvalue weighted by molar-refractivity contribution is 6.33. The molecule has 0 N–H and O–H groups in total. The second kappa shape index (κ2) is 8.24. The third-order valence-corrected chi connectivity index (χ3v) is 6.10. The maximum absolute atomic E-state index is 12.9. The summed E-state index contributed by atoms with van der Waals surface area (Å²) in [6, 6.07) is 15.4. The van der Waals surface area contributed by atoms with E-state index in [1.165, 1.54) is 5.56 Å². The van der Waals surface area contributed by atoms with Crippen LogP contribution in [0.2, 0.25) is 5.02 Å². The van der Waals surface area contributed by atoms with Crippen molar-refractivity contribution in [3.8, 4) is 5.69 Å². The molecular formula is C24H23ClN6O. The van der Waals surface area contributed by atoms with Gasteiger partial charge in [-0.25, -0.2) is 14.6 Å². The van der Waals surface area contributed by atoms with E-state index >= 15 is 0 Å². The minimum absolute atomic E-state index is 0.0357. The molecule has 0 spiro atoms. The number of carbonyl (C=O) groups excluding carboxylic acids is 1. The van der Waals surface area contributed by atoms with Crippen molar-refractivity contribution in [3.63, 3.8) is 0 Å². The largest absolute Gasteiger partial charge is 0.352 e. The summed E-state index contributed by atoms with van der Waals surface area (Å²) in [5, 5.41) is 5.98. The van der Waals surface area contributed by atoms with Crippen molar-refractivity contribution in [1.82, 2.24) is 24.6 Å². The number of carbonyl (C=O) groups is 1. The van der Waals surface area contributed by atoms with Gasteiger partial charge in [0.15, 0.2) is 5.65 Å². The van der Waals surface area contributed by atoms with Crippen LogP contribution in [-0.2, 0) is 0 Å². The van der Waals surface area contributed by atoms with Crippen molar-refractivity contribution in [1.29, 1.82) is 0 Å². The van der Waals surface area contributed by atoms with Crippen LogP contribution in [0.5, 0.6) is 0 Å². The fourth-order valence-electron chi connectivity index (χ4n) is 4.04. The van der Waals surface area contributed by atoms with Crippen molar-refractivity contribution in [3.05, 3.63) is 76.7 Å². The summed E-state index contributed by atoms with van der Waals surface area (Å²) in [5.41, 5.74) is 3.49. The zero-order valence-corrected chi connectivity index (χ0v) is 18.8. The van der Waals surface area contributed by atoms with Gasteiger partial charge in [-0.15, -0.1) is 0 Å². The van der Waals surface area contributed by atoms with Gasteiger partial charge in [0.2, 0.25) is 0 Å². The molecule has 0 atom stereocenters. The molecular weight excluding hydrogens is 424 g/mol. The van der Waals surface area contributed by atoms with Crippen molar-refractivity contribution >= 4 is 34.4 Å². The van der Waals surface area contributed by atoms with Gasteiger partial charge in [0.1, 0.15) is 11.6 Å². The Kier molecular flexibility index (Phi) is 5.27. The van der Waals surface area contributed by atoms with Gasteiger partial charge in [0.25, 0.3) is 5.91 Å². The number of halogens is 1. The van der Waals surface area contributed by atoms with Crippen LogP contribution in [0.4, 0.5) is 5.82 Å². The molecule has 2 aromatic carbocycles. The quantitative estimate of drug-likeness (QED) is 0.475. The first-order valence-corrected chi connectivity index (χ1v) is 11.0. The highest BCUT2D eigenvalue weighted by Crippen LogP contribution is 2.27. The van der Waals surface area contributed by atoms with E-state index < -0.39 is 0 Å². The van der Waals surface area contributed by atoms with Crippen LogP contribution in [0.3, 0.4) is 0 Å². The molecule has 3 heterocycles. The van der Waals surface area contributed by atoms with E-state index in [0.29, 0.717) is 42.6 Å². The summed E-state index contributed by atoms with van der Waals surface area (Å²) in [5.74, 6) is 1.51. The lowest BCUT2D eigenvalue weighted by Gasteiger charge is -2.35. The molecule has 8 heteroatoms. The third kappa shape index (κ3) is 3.69. The summed E-state index contributed by atoms with van der Waals surface area (Å²) in [6.07, 6.45) is 1.82. The first-order valence-electron chi connectivity index (χ1n) is 10.6. The molecule has 5 rings (SSSR count). The van der Waals surface area contributed by atoms with Crippen LogP contribution < -0.4 is 4.90 Å². The highest BCUT2D eigenvalue weighted by Gasteiger charge is 2.26. The average molecular weight is 447 g/mol. The molecule has 1 amide bonds. The third-order valence-electron chi connectivity index (χ3n) is 5.77. The Bertz CT molecular complexity index is 1290. The Morgan fingerprint density at radius 3 is 2.38 bits per heavy atom. The lowest BCUT2D eigenvalue weighted by molar-refractivity contribution is 0.0747. The number of anilines is 1. The topological polar surface area (TPSA) is 67.2 Å². The highest BCUT2D eigenvalue weighted by atomic mass is 35.5. The smallest absolute Gasteiger partial charge is 0.255 e. The monoisotopic (exact) mass is 446 g/mol. The standard InChI is InChI=1S/C24H23ClN6O/c1-16-7-9-18(10-8-16)31-23-20(15-26-31)22(27-17(2)28-23)29-11-13-30(14-12-29)24(32)19-5-3-4-6-21(19)25/h3-10,15H,11-14H2,1-2H3. The van der Waals surface area contributed by atoms with Gasteiger partial charge in [0.05, 0.1) is 27.9 Å². The fourth-order valence-corrected chi connectivity index (χ4v) is 4.26. The Morgan fingerprint density at radius 1 is 0.938 bits per heavy atom. The van der Waals surface area contributed by atoms with E-state index in [-0.39, 0.29) is 5.91 Å². The molecule has 0 bridgehead atoms. The SMILES string of the molecule is Cc1ccc(-n2ncc3c(N4CCN(C(=O)c5ccccc5Cl)CC4)nc(C)nc32)cc1. The van der Waals surface area contributed by atoms with Crippen LogP contribution >= 0.6 is 11.6 Å². The van der Waals surface area contributed by atoms with E-state index in [1.807, 2.05) is 47.0 Å². The van der Waals surface area contributed by atoms with E-state index in [0.717, 1.165) is 22.5 Å². The molecule has 4 aromatic rings. The number of amides is 1. The normalized spacial score (nSPS) is 14.2. The maximum Gasteiger partial charge on any atom is 0.255 e. The Labute approximate surface area is 191 Å². The van der Waals surface area contributed by atoms with E-state index in [4.69, 9.17) is 16.6 Å². The summed E-state index contributed by atoms with van der Waals surface area (Å²) < 4.78 is 1.85. The van der Waals surface area contributed by atoms with Gasteiger partial charge in [0, 0.05) is 26.2 Å². The number of fused-ring (bicyclic) bond motifs is 1. The van der Waals surface area contributed by atoms with Crippen molar-refractivity contribution < 1.29 is 4.79 Å². The molecule has 162 valence electrons. The number of hydrogen-bond acceptors (Lipinski definition) is 5. The summed E-state index contributed by atoms with van der Waals surface area (Å²) in [4.78, 5) is 26.3. The van der Waals surface area contributed by atoms with Gasteiger partial charge in [-0.3, -0.25) is 4.79 Å². The van der Waals surface area contributed by atoms with Crippen LogP contribution in [0.1, 0.15) is 21.7 Å². The van der Waals surface area contributed by atoms with Gasteiger partial charge < -0.3 is 9.80 Å². The number of aryl methyl sites for hydroxylation is 2. The maximum atomic E-state index is 12.9. The molecule has 0 radical (unpaired) electrons. The number of hydrogen-bond donors (Lipinski definition) is 0. The number of benzene rings is 2. The van der Waals surface area contributed by atoms with Crippen molar-refractivity contribution in [2.75, 3.05) is 31.1 Å². The zero-order valence-electron chi connectivity index (χ0n) is 18.0. The molecule has 7 nitrogen and oxygen atoms in total. The molecule has 1 aliphatic heterocycles. The van der Waals surface area contributed by atoms with Gasteiger partial charge in [-0.1, -0.05) is 41.4 Å². The molecule has 1 fully saturated rings. The number of nitrogens with zero attached hydrogens (tertiary/aromatic N) is 6. The number of aromatic nitrogens is 4. The van der Waals surface area contributed by atoms with E-state index in [9.17, 15) is 4.79 Å². The molecule has 1 saturated heterocycles. The summed E-state index contributed by atoms with van der Waals surface area (Å²) in [6.45, 7) is 6.51. The predicted octanol–water partition coefficient (Wildman–Crippen LogP) is 4.05. The number of piperazine rings is 1. The second-order valence-electron chi connectivity index (χ2n) is 7.98. The average Bonchev–Trinajstić information content (AvgIpc) is 3.23. The van der Waals surface area contributed by atoms with Crippen LogP contribution in [0.25, 0.3) is 16.7 Å². The lowest BCUT2D eigenvalue weighted by atomic mass is 10.1. The van der Waals surface area contributed by atoms with E-state index in [1.54, 1.807) is 12.1 Å². The number of rotatable bonds is 3. The first kappa shape index (κ1) is 20.5. The van der Waals surface area contributed by atoms with Crippen molar-refractivity contribution in [2.45, 2.75) is 13.8 Å². The second-order valence-corrected chi connectivity index (χ2v) is 8.39. The van der Waals surface area contributed by atoms with Crippen LogP contribution in [0, 0.1) is 13.8 Å². The van der Waals surface area contributed by atoms with E-state index in [2.05, 4.69) is 34.0 Å². The van der Waals surface area contributed by atoms with Crippen molar-refractivity contribution in [2.24, 2.45) is 0 Å². The minimum Gasteiger partial charge on any atom is -0.352 e. The summed E-state index contributed by atoms with van der Waals surface area (Å²) in [7, 11) is 0. The van der Waals surface area contributed by atoms with Gasteiger partial charge >= 0.3 is 0 Å². The Hall–Kier alpha value is -3.45. The molecule has 2 aromatic heterocycles. The fraction of sp³-hybridized carbons (Fsp3) is 0.250. The molecule has 32 heavy (non-hydrogen) atoms. The van der Waals surface area contributed by atoms with Crippen LogP contribution in [0.15, 0.2) is 54.7 Å². The summed E-state index contributed by atoms with van der Waals surface area (Å²) >= 11 is 6.22. The predicted molar refractivity (Wildman–Crippen MR) is 126 cm³/mol. The molecule has 0 aliphatic carbocycles. The zero-order chi connectivity index (χ0) is 22.2.